The number of rotatable bonds is 5. The SMILES string of the molecule is COC(=O)CCC(=O)Nc1ccc(C(=O)N2CCC(C)CC2)cc1. The normalized spacial score (nSPS) is 15.0. The van der Waals surface area contributed by atoms with E-state index >= 15 is 0 Å². The summed E-state index contributed by atoms with van der Waals surface area (Å²) in [5.74, 6) is 0.0357. The molecule has 1 N–H and O–H groups in total. The maximum absolute atomic E-state index is 12.4. The molecular formula is C18H24N2O4. The van der Waals surface area contributed by atoms with Gasteiger partial charge in [0, 0.05) is 30.8 Å². The van der Waals surface area contributed by atoms with Gasteiger partial charge in [0.15, 0.2) is 0 Å². The van der Waals surface area contributed by atoms with Crippen molar-refractivity contribution in [1.29, 1.82) is 0 Å². The second-order valence-electron chi connectivity index (χ2n) is 6.18. The van der Waals surface area contributed by atoms with Crippen LogP contribution < -0.4 is 5.32 Å². The number of ether oxygens (including phenoxy) is 1. The number of hydrogen-bond acceptors (Lipinski definition) is 4. The van der Waals surface area contributed by atoms with Gasteiger partial charge in [0.1, 0.15) is 0 Å². The Morgan fingerprint density at radius 1 is 1.12 bits per heavy atom. The Labute approximate surface area is 142 Å². The van der Waals surface area contributed by atoms with Crippen molar-refractivity contribution in [3.63, 3.8) is 0 Å². The highest BCUT2D eigenvalue weighted by molar-refractivity contribution is 5.96. The molecule has 0 unspecified atom stereocenters. The molecule has 1 aliphatic heterocycles. The lowest BCUT2D eigenvalue weighted by molar-refractivity contribution is -0.141. The maximum atomic E-state index is 12.4. The predicted octanol–water partition coefficient (Wildman–Crippen LogP) is 2.45. The number of esters is 1. The highest BCUT2D eigenvalue weighted by atomic mass is 16.5. The van der Waals surface area contributed by atoms with Crippen LogP contribution in [0.1, 0.15) is 43.0 Å². The Balaban J connectivity index is 1.87. The third kappa shape index (κ3) is 5.08. The smallest absolute Gasteiger partial charge is 0.306 e. The molecule has 1 aromatic rings. The first-order chi connectivity index (χ1) is 11.5. The Morgan fingerprint density at radius 2 is 1.75 bits per heavy atom. The zero-order valence-corrected chi connectivity index (χ0v) is 14.2. The van der Waals surface area contributed by atoms with Crippen molar-refractivity contribution in [1.82, 2.24) is 4.90 Å². The number of likely N-dealkylation sites (tertiary alicyclic amines) is 1. The molecule has 24 heavy (non-hydrogen) atoms. The van der Waals surface area contributed by atoms with Gasteiger partial charge < -0.3 is 15.0 Å². The Bertz CT molecular complexity index is 590. The summed E-state index contributed by atoms with van der Waals surface area (Å²) >= 11 is 0. The van der Waals surface area contributed by atoms with Crippen molar-refractivity contribution >= 4 is 23.5 Å². The Kier molecular flexibility index (Phi) is 6.35. The summed E-state index contributed by atoms with van der Waals surface area (Å²) in [4.78, 5) is 37.1. The zero-order chi connectivity index (χ0) is 17.5. The molecule has 6 heteroatoms. The first-order valence-electron chi connectivity index (χ1n) is 8.25. The van der Waals surface area contributed by atoms with Crippen LogP contribution in [-0.4, -0.2) is 42.9 Å². The minimum Gasteiger partial charge on any atom is -0.469 e. The monoisotopic (exact) mass is 332 g/mol. The molecule has 0 aromatic heterocycles. The van der Waals surface area contributed by atoms with Gasteiger partial charge in [0.25, 0.3) is 5.91 Å². The van der Waals surface area contributed by atoms with E-state index in [1.807, 2.05) is 4.90 Å². The van der Waals surface area contributed by atoms with E-state index in [1.165, 1.54) is 7.11 Å². The summed E-state index contributed by atoms with van der Waals surface area (Å²) in [6.45, 7) is 3.80. The van der Waals surface area contributed by atoms with Crippen molar-refractivity contribution < 1.29 is 19.1 Å². The fourth-order valence-corrected chi connectivity index (χ4v) is 2.63. The van der Waals surface area contributed by atoms with Gasteiger partial charge >= 0.3 is 5.97 Å². The van der Waals surface area contributed by atoms with Crippen LogP contribution in [0, 0.1) is 5.92 Å². The molecule has 1 saturated heterocycles. The van der Waals surface area contributed by atoms with Crippen LogP contribution in [0.2, 0.25) is 0 Å². The maximum Gasteiger partial charge on any atom is 0.306 e. The van der Waals surface area contributed by atoms with Crippen LogP contribution in [0.5, 0.6) is 0 Å². The molecule has 0 atom stereocenters. The largest absolute Gasteiger partial charge is 0.469 e. The summed E-state index contributed by atoms with van der Waals surface area (Å²) in [6.07, 6.45) is 2.20. The number of methoxy groups -OCH3 is 1. The number of anilines is 1. The van der Waals surface area contributed by atoms with Gasteiger partial charge in [-0.05, 0) is 43.0 Å². The van der Waals surface area contributed by atoms with E-state index in [9.17, 15) is 14.4 Å². The van der Waals surface area contributed by atoms with Crippen LogP contribution >= 0.6 is 0 Å². The molecule has 0 bridgehead atoms. The lowest BCUT2D eigenvalue weighted by Gasteiger charge is -2.30. The molecule has 130 valence electrons. The molecule has 1 aromatic carbocycles. The van der Waals surface area contributed by atoms with E-state index in [1.54, 1.807) is 24.3 Å². The molecule has 2 rings (SSSR count). The van der Waals surface area contributed by atoms with E-state index in [2.05, 4.69) is 17.0 Å². The van der Waals surface area contributed by atoms with Gasteiger partial charge in [-0.1, -0.05) is 6.92 Å². The molecular weight excluding hydrogens is 308 g/mol. The number of nitrogens with one attached hydrogen (secondary N) is 1. The summed E-state index contributed by atoms with van der Waals surface area (Å²) in [5.41, 5.74) is 1.23. The molecule has 1 heterocycles. The van der Waals surface area contributed by atoms with Gasteiger partial charge in [-0.3, -0.25) is 14.4 Å². The zero-order valence-electron chi connectivity index (χ0n) is 14.2. The third-order valence-electron chi connectivity index (χ3n) is 4.27. The van der Waals surface area contributed by atoms with Crippen molar-refractivity contribution in [2.24, 2.45) is 5.92 Å². The van der Waals surface area contributed by atoms with Crippen LogP contribution in [0.25, 0.3) is 0 Å². The average Bonchev–Trinajstić information content (AvgIpc) is 2.60. The highest BCUT2D eigenvalue weighted by Crippen LogP contribution is 2.19. The van der Waals surface area contributed by atoms with E-state index in [4.69, 9.17) is 0 Å². The lowest BCUT2D eigenvalue weighted by Crippen LogP contribution is -2.37. The highest BCUT2D eigenvalue weighted by Gasteiger charge is 2.21. The van der Waals surface area contributed by atoms with E-state index in [0.717, 1.165) is 25.9 Å². The average molecular weight is 332 g/mol. The number of carbonyl (C=O) groups is 3. The molecule has 0 saturated carbocycles. The van der Waals surface area contributed by atoms with Crippen LogP contribution in [0.15, 0.2) is 24.3 Å². The van der Waals surface area contributed by atoms with Gasteiger partial charge in [-0.25, -0.2) is 0 Å². The number of nitrogens with zero attached hydrogens (tertiary/aromatic N) is 1. The quantitative estimate of drug-likeness (QED) is 0.840. The fourth-order valence-electron chi connectivity index (χ4n) is 2.63. The first kappa shape index (κ1) is 18.0. The molecule has 2 amide bonds. The molecule has 1 aliphatic rings. The summed E-state index contributed by atoms with van der Waals surface area (Å²) in [7, 11) is 1.29. The van der Waals surface area contributed by atoms with E-state index in [0.29, 0.717) is 17.2 Å². The second kappa shape index (κ2) is 8.47. The number of carbonyl (C=O) groups excluding carboxylic acids is 3. The first-order valence-corrected chi connectivity index (χ1v) is 8.25. The predicted molar refractivity (Wildman–Crippen MR) is 90.6 cm³/mol. The number of benzene rings is 1. The molecule has 1 fully saturated rings. The van der Waals surface area contributed by atoms with Crippen molar-refractivity contribution in [2.75, 3.05) is 25.5 Å². The molecule has 6 nitrogen and oxygen atoms in total. The summed E-state index contributed by atoms with van der Waals surface area (Å²) < 4.78 is 4.50. The topological polar surface area (TPSA) is 75.7 Å². The fraction of sp³-hybridized carbons (Fsp3) is 0.500. The Hall–Kier alpha value is -2.37. The number of piperidine rings is 1. The molecule has 0 radical (unpaired) electrons. The van der Waals surface area contributed by atoms with Gasteiger partial charge in [-0.2, -0.15) is 0 Å². The summed E-state index contributed by atoms with van der Waals surface area (Å²) in [5, 5.41) is 2.70. The van der Waals surface area contributed by atoms with E-state index < -0.39 is 5.97 Å². The summed E-state index contributed by atoms with van der Waals surface area (Å²) in [6, 6.07) is 6.85. The molecule has 0 spiro atoms. The minimum absolute atomic E-state index is 0.0328. The lowest BCUT2D eigenvalue weighted by atomic mass is 9.98. The standard InChI is InChI=1S/C18H24N2O4/c1-13-9-11-20(12-10-13)18(23)14-3-5-15(6-4-14)19-16(21)7-8-17(22)24-2/h3-6,13H,7-12H2,1-2H3,(H,19,21). The minimum atomic E-state index is -0.415. The Morgan fingerprint density at radius 3 is 2.33 bits per heavy atom. The van der Waals surface area contributed by atoms with Gasteiger partial charge in [0.05, 0.1) is 13.5 Å². The van der Waals surface area contributed by atoms with E-state index in [-0.39, 0.29) is 24.7 Å². The molecule has 0 aliphatic carbocycles. The van der Waals surface area contributed by atoms with Crippen LogP contribution in [0.3, 0.4) is 0 Å². The van der Waals surface area contributed by atoms with Gasteiger partial charge in [-0.15, -0.1) is 0 Å². The van der Waals surface area contributed by atoms with Crippen LogP contribution in [0.4, 0.5) is 5.69 Å². The second-order valence-corrected chi connectivity index (χ2v) is 6.18. The van der Waals surface area contributed by atoms with Crippen molar-refractivity contribution in [3.05, 3.63) is 29.8 Å². The van der Waals surface area contributed by atoms with Crippen LogP contribution in [-0.2, 0) is 14.3 Å². The van der Waals surface area contributed by atoms with Crippen molar-refractivity contribution in [3.8, 4) is 0 Å². The number of hydrogen-bond donors (Lipinski definition) is 1. The van der Waals surface area contributed by atoms with Gasteiger partial charge in [0.2, 0.25) is 5.91 Å². The number of amides is 2. The van der Waals surface area contributed by atoms with Crippen molar-refractivity contribution in [2.45, 2.75) is 32.6 Å². The third-order valence-corrected chi connectivity index (χ3v) is 4.27.